The molecule has 2 aliphatic rings. The van der Waals surface area contributed by atoms with Crippen molar-refractivity contribution in [2.45, 2.75) is 51.6 Å². The zero-order valence-corrected chi connectivity index (χ0v) is 24.9. The number of rotatable bonds is 5. The van der Waals surface area contributed by atoms with Gasteiger partial charge in [0, 0.05) is 55.9 Å². The fourth-order valence-corrected chi connectivity index (χ4v) is 6.44. The minimum atomic E-state index is -0.298. The van der Waals surface area contributed by atoms with Crippen LogP contribution in [0.2, 0.25) is 10.0 Å². The molecule has 2 heterocycles. The number of nitrogens with one attached hydrogen (secondary N) is 1. The summed E-state index contributed by atoms with van der Waals surface area (Å²) >= 11 is 12.5. The molecule has 1 fully saturated rings. The van der Waals surface area contributed by atoms with E-state index in [1.165, 1.54) is 5.69 Å². The van der Waals surface area contributed by atoms with Gasteiger partial charge in [0.1, 0.15) is 0 Å². The predicted molar refractivity (Wildman–Crippen MR) is 162 cm³/mol. The van der Waals surface area contributed by atoms with Crippen LogP contribution in [0.4, 0.5) is 16.2 Å². The van der Waals surface area contributed by atoms with Crippen molar-refractivity contribution in [3.63, 3.8) is 0 Å². The SMILES string of the molecule is Cc1cc(N2CCC(N(C)C(=O)c3ccc4c(c3)C(N(C)C(=O)Nc3c(Cl)cccc3Cl)CC4)CC2)cc(C)n1. The van der Waals surface area contributed by atoms with Gasteiger partial charge in [0.2, 0.25) is 0 Å². The molecule has 1 aliphatic carbocycles. The number of nitrogens with zero attached hydrogens (tertiary/aromatic N) is 4. The van der Waals surface area contributed by atoms with Crippen molar-refractivity contribution < 1.29 is 9.59 Å². The first-order valence-corrected chi connectivity index (χ1v) is 14.5. The summed E-state index contributed by atoms with van der Waals surface area (Å²) in [5, 5.41) is 3.61. The Labute approximate surface area is 246 Å². The number of hydrogen-bond acceptors (Lipinski definition) is 4. The van der Waals surface area contributed by atoms with Gasteiger partial charge >= 0.3 is 6.03 Å². The lowest BCUT2D eigenvalue weighted by molar-refractivity contribution is 0.0709. The number of para-hydroxylation sites is 1. The van der Waals surface area contributed by atoms with Gasteiger partial charge in [0.15, 0.2) is 0 Å². The molecule has 5 rings (SSSR count). The molecular formula is C31H35Cl2N5O2. The van der Waals surface area contributed by atoms with Crippen LogP contribution in [0.3, 0.4) is 0 Å². The Morgan fingerprint density at radius 3 is 2.23 bits per heavy atom. The number of aromatic nitrogens is 1. The third-order valence-corrected chi connectivity index (χ3v) is 8.82. The molecule has 40 heavy (non-hydrogen) atoms. The number of amides is 3. The molecule has 3 amide bonds. The molecule has 2 aromatic carbocycles. The molecule has 9 heteroatoms. The maximum atomic E-state index is 13.6. The van der Waals surface area contributed by atoms with Crippen LogP contribution in [0, 0.1) is 13.8 Å². The predicted octanol–water partition coefficient (Wildman–Crippen LogP) is 6.90. The van der Waals surface area contributed by atoms with Crippen molar-refractivity contribution in [2.75, 3.05) is 37.4 Å². The molecule has 3 aromatic rings. The number of carbonyl (C=O) groups is 2. The second-order valence-electron chi connectivity index (χ2n) is 10.8. The minimum absolute atomic E-state index is 0.0115. The number of halogens is 2. The van der Waals surface area contributed by atoms with Crippen molar-refractivity contribution in [3.05, 3.63) is 86.7 Å². The van der Waals surface area contributed by atoms with E-state index < -0.39 is 0 Å². The van der Waals surface area contributed by atoms with E-state index in [-0.39, 0.29) is 24.0 Å². The van der Waals surface area contributed by atoms with E-state index in [0.717, 1.165) is 61.3 Å². The van der Waals surface area contributed by atoms with Crippen LogP contribution < -0.4 is 10.2 Å². The number of aryl methyl sites for hydroxylation is 3. The van der Waals surface area contributed by atoms with Gasteiger partial charge < -0.3 is 20.0 Å². The van der Waals surface area contributed by atoms with Gasteiger partial charge in [-0.3, -0.25) is 9.78 Å². The lowest BCUT2D eigenvalue weighted by Crippen LogP contribution is -2.45. The van der Waals surface area contributed by atoms with Gasteiger partial charge in [0.25, 0.3) is 5.91 Å². The van der Waals surface area contributed by atoms with Gasteiger partial charge in [-0.2, -0.15) is 0 Å². The largest absolute Gasteiger partial charge is 0.371 e. The maximum absolute atomic E-state index is 13.6. The van der Waals surface area contributed by atoms with Gasteiger partial charge in [-0.05, 0) is 87.1 Å². The molecule has 0 spiro atoms. The van der Waals surface area contributed by atoms with Crippen LogP contribution in [0.5, 0.6) is 0 Å². The van der Waals surface area contributed by atoms with Crippen LogP contribution in [0.15, 0.2) is 48.5 Å². The van der Waals surface area contributed by atoms with Crippen LogP contribution in [-0.4, -0.2) is 59.9 Å². The summed E-state index contributed by atoms with van der Waals surface area (Å²) in [6, 6.07) is 15.0. The minimum Gasteiger partial charge on any atom is -0.371 e. The second kappa shape index (κ2) is 11.7. The summed E-state index contributed by atoms with van der Waals surface area (Å²) in [5.74, 6) is 0.0115. The van der Waals surface area contributed by atoms with E-state index >= 15 is 0 Å². The smallest absolute Gasteiger partial charge is 0.322 e. The summed E-state index contributed by atoms with van der Waals surface area (Å²) in [6.45, 7) is 5.84. The van der Waals surface area contributed by atoms with Gasteiger partial charge in [-0.1, -0.05) is 35.3 Å². The quantitative estimate of drug-likeness (QED) is 0.357. The van der Waals surface area contributed by atoms with Crippen LogP contribution in [-0.2, 0) is 6.42 Å². The molecule has 0 radical (unpaired) electrons. The Kier molecular flexibility index (Phi) is 8.24. The molecule has 1 N–H and O–H groups in total. The standard InChI is InChI=1S/C31H35Cl2N5O2/c1-19-16-24(17-20(2)34-19)38-14-12-23(13-15-38)36(3)30(39)22-9-8-21-10-11-28(25(21)18-22)37(4)31(40)35-29-26(32)6-5-7-27(29)33/h5-9,16-18,23,28H,10-15H2,1-4H3,(H,35,40). The maximum Gasteiger partial charge on any atom is 0.322 e. The Hall–Kier alpha value is -3.29. The summed E-state index contributed by atoms with van der Waals surface area (Å²) < 4.78 is 0. The van der Waals surface area contributed by atoms with E-state index in [1.807, 2.05) is 44.0 Å². The van der Waals surface area contributed by atoms with Crippen molar-refractivity contribution in [3.8, 4) is 0 Å². The highest BCUT2D eigenvalue weighted by Crippen LogP contribution is 2.37. The molecule has 1 aliphatic heterocycles. The number of benzene rings is 2. The van der Waals surface area contributed by atoms with Crippen LogP contribution in [0.25, 0.3) is 0 Å². The van der Waals surface area contributed by atoms with E-state index in [2.05, 4.69) is 27.3 Å². The lowest BCUT2D eigenvalue weighted by atomic mass is 10.00. The molecule has 1 atom stereocenters. The Morgan fingerprint density at radius 2 is 1.57 bits per heavy atom. The number of carbonyl (C=O) groups excluding carboxylic acids is 2. The van der Waals surface area contributed by atoms with E-state index in [4.69, 9.17) is 23.2 Å². The number of hydrogen-bond donors (Lipinski definition) is 1. The molecule has 7 nitrogen and oxygen atoms in total. The zero-order chi connectivity index (χ0) is 28.6. The highest BCUT2D eigenvalue weighted by molar-refractivity contribution is 6.39. The normalized spacial score (nSPS) is 16.9. The first kappa shape index (κ1) is 28.2. The molecule has 0 saturated carbocycles. The Bertz CT molecular complexity index is 1400. The van der Waals surface area contributed by atoms with Crippen LogP contribution >= 0.6 is 23.2 Å². The van der Waals surface area contributed by atoms with E-state index in [9.17, 15) is 9.59 Å². The number of pyridine rings is 1. The molecule has 0 bridgehead atoms. The van der Waals surface area contributed by atoms with Gasteiger partial charge in [-0.15, -0.1) is 0 Å². The average Bonchev–Trinajstić information content (AvgIpc) is 3.36. The van der Waals surface area contributed by atoms with E-state index in [1.54, 1.807) is 30.1 Å². The summed E-state index contributed by atoms with van der Waals surface area (Å²) in [4.78, 5) is 37.2. The number of urea groups is 1. The fraction of sp³-hybridized carbons (Fsp3) is 0.387. The van der Waals surface area contributed by atoms with Gasteiger partial charge in [-0.25, -0.2) is 4.79 Å². The number of piperidine rings is 1. The summed E-state index contributed by atoms with van der Waals surface area (Å²) in [6.07, 6.45) is 3.45. The first-order chi connectivity index (χ1) is 19.1. The average molecular weight is 581 g/mol. The topological polar surface area (TPSA) is 68.8 Å². The zero-order valence-electron chi connectivity index (χ0n) is 23.4. The second-order valence-corrected chi connectivity index (χ2v) is 11.7. The number of fused-ring (bicyclic) bond motifs is 1. The third kappa shape index (κ3) is 5.77. The highest BCUT2D eigenvalue weighted by atomic mass is 35.5. The Balaban J connectivity index is 1.25. The van der Waals surface area contributed by atoms with Crippen molar-refractivity contribution in [1.29, 1.82) is 0 Å². The Morgan fingerprint density at radius 1 is 0.925 bits per heavy atom. The molecule has 1 unspecified atom stereocenters. The van der Waals surface area contributed by atoms with Gasteiger partial charge in [0.05, 0.1) is 21.8 Å². The van der Waals surface area contributed by atoms with Crippen LogP contribution in [0.1, 0.15) is 58.2 Å². The summed E-state index contributed by atoms with van der Waals surface area (Å²) in [5.41, 5.74) is 6.47. The molecule has 1 saturated heterocycles. The van der Waals surface area contributed by atoms with Crippen molar-refractivity contribution in [1.82, 2.24) is 14.8 Å². The van der Waals surface area contributed by atoms with Crippen molar-refractivity contribution >= 4 is 46.5 Å². The van der Waals surface area contributed by atoms with Crippen molar-refractivity contribution in [2.24, 2.45) is 0 Å². The lowest BCUT2D eigenvalue weighted by Gasteiger charge is -2.38. The number of anilines is 2. The molecule has 1 aromatic heterocycles. The third-order valence-electron chi connectivity index (χ3n) is 8.19. The fourth-order valence-electron chi connectivity index (χ4n) is 5.95. The molecule has 210 valence electrons. The van der Waals surface area contributed by atoms with E-state index in [0.29, 0.717) is 21.3 Å². The highest BCUT2D eigenvalue weighted by Gasteiger charge is 2.32. The monoisotopic (exact) mass is 579 g/mol. The molecular weight excluding hydrogens is 545 g/mol. The summed E-state index contributed by atoms with van der Waals surface area (Å²) in [7, 11) is 3.67. The first-order valence-electron chi connectivity index (χ1n) is 13.7.